The van der Waals surface area contributed by atoms with Crippen molar-refractivity contribution < 1.29 is 50.4 Å². The number of rotatable bonds is 9. The molecule has 4 rings (SSSR count). The van der Waals surface area contributed by atoms with Gasteiger partial charge in [0.05, 0.1) is 24.9 Å². The number of anilines is 1. The predicted octanol–water partition coefficient (Wildman–Crippen LogP) is 5.10. The minimum Gasteiger partial charge on any atom is -0.348 e. The van der Waals surface area contributed by atoms with Gasteiger partial charge in [-0.2, -0.15) is 0 Å². The van der Waals surface area contributed by atoms with Crippen molar-refractivity contribution in [2.75, 3.05) is 18.6 Å². The first-order valence-corrected chi connectivity index (χ1v) is 14.0. The topological polar surface area (TPSA) is 119 Å². The number of phosphoric acid groups is 1. The minimum atomic E-state index is -4.76. The summed E-state index contributed by atoms with van der Waals surface area (Å²) >= 11 is 0. The smallest absolute Gasteiger partial charge is 0.348 e. The molecule has 0 aromatic heterocycles. The summed E-state index contributed by atoms with van der Waals surface area (Å²) in [4.78, 5) is 46.0. The molecule has 3 amide bonds. The van der Waals surface area contributed by atoms with Crippen molar-refractivity contribution in [3.63, 3.8) is 0 Å². The second-order valence-corrected chi connectivity index (χ2v) is 10.8. The fourth-order valence-corrected chi connectivity index (χ4v) is 4.82. The summed E-state index contributed by atoms with van der Waals surface area (Å²) in [5, 5.41) is 2.34. The lowest BCUT2D eigenvalue weighted by molar-refractivity contribution is 0.0950. The van der Waals surface area contributed by atoms with E-state index in [0.717, 1.165) is 17.0 Å². The van der Waals surface area contributed by atoms with Crippen LogP contribution in [0.15, 0.2) is 42.5 Å². The van der Waals surface area contributed by atoms with E-state index < -0.39 is 85.7 Å². The Hall–Kier alpha value is -3.84. The maximum absolute atomic E-state index is 15.0. The molecule has 0 aliphatic carbocycles. The zero-order valence-electron chi connectivity index (χ0n) is 22.2. The minimum absolute atomic E-state index is 0.0208. The molecular weight excluding hydrogens is 588 g/mol. The SMILES string of the molecule is C[C@H]1c2ccc(C(=O)NCc3c(F)cc(F)cc3F)cc2N(Cc2c(F)cc(CCOP(=O)(O)O)cc2F)C(=O)N1C. The maximum Gasteiger partial charge on any atom is 0.469 e. The number of amides is 3. The van der Waals surface area contributed by atoms with Crippen molar-refractivity contribution in [1.29, 1.82) is 0 Å². The van der Waals surface area contributed by atoms with Crippen LogP contribution in [-0.2, 0) is 28.6 Å². The number of hydrogen-bond donors (Lipinski definition) is 3. The van der Waals surface area contributed by atoms with Gasteiger partial charge in [-0.1, -0.05) is 6.07 Å². The summed E-state index contributed by atoms with van der Waals surface area (Å²) in [6, 6.07) is 6.04. The summed E-state index contributed by atoms with van der Waals surface area (Å²) in [5.74, 6) is -6.30. The van der Waals surface area contributed by atoms with Crippen LogP contribution in [0.3, 0.4) is 0 Å². The van der Waals surface area contributed by atoms with Gasteiger partial charge in [-0.25, -0.2) is 31.3 Å². The molecule has 42 heavy (non-hydrogen) atoms. The van der Waals surface area contributed by atoms with E-state index in [1.165, 1.54) is 24.1 Å². The summed E-state index contributed by atoms with van der Waals surface area (Å²) in [6.07, 6.45) is -0.199. The fourth-order valence-electron chi connectivity index (χ4n) is 4.50. The van der Waals surface area contributed by atoms with E-state index in [0.29, 0.717) is 17.7 Å². The Balaban J connectivity index is 1.60. The number of benzene rings is 3. The van der Waals surface area contributed by atoms with Crippen LogP contribution in [-0.4, -0.2) is 40.3 Å². The molecule has 0 unspecified atom stereocenters. The van der Waals surface area contributed by atoms with E-state index in [2.05, 4.69) is 9.84 Å². The lowest BCUT2D eigenvalue weighted by Gasteiger charge is -2.39. The molecule has 1 atom stereocenters. The number of nitrogens with one attached hydrogen (secondary N) is 1. The summed E-state index contributed by atoms with van der Waals surface area (Å²) < 4.78 is 86.4. The molecule has 1 heterocycles. The van der Waals surface area contributed by atoms with Crippen molar-refractivity contribution in [1.82, 2.24) is 10.2 Å². The van der Waals surface area contributed by atoms with E-state index in [1.807, 2.05) is 0 Å². The third-order valence-corrected chi connectivity index (χ3v) is 7.36. The molecule has 15 heteroatoms. The molecule has 1 aliphatic heterocycles. The number of urea groups is 1. The number of carbonyl (C=O) groups excluding carboxylic acids is 2. The Morgan fingerprint density at radius 2 is 1.57 bits per heavy atom. The summed E-state index contributed by atoms with van der Waals surface area (Å²) in [7, 11) is -3.27. The third kappa shape index (κ3) is 6.79. The van der Waals surface area contributed by atoms with Crippen LogP contribution in [0.2, 0.25) is 0 Å². The zero-order chi connectivity index (χ0) is 30.9. The average molecular weight is 613 g/mol. The molecule has 224 valence electrons. The Morgan fingerprint density at radius 1 is 0.976 bits per heavy atom. The monoisotopic (exact) mass is 613 g/mol. The Kier molecular flexibility index (Phi) is 9.02. The lowest BCUT2D eigenvalue weighted by atomic mass is 9.98. The van der Waals surface area contributed by atoms with E-state index in [1.54, 1.807) is 13.0 Å². The molecule has 0 radical (unpaired) electrons. The van der Waals surface area contributed by atoms with Crippen molar-refractivity contribution in [3.8, 4) is 0 Å². The van der Waals surface area contributed by atoms with Gasteiger partial charge in [-0.15, -0.1) is 0 Å². The molecule has 3 N–H and O–H groups in total. The van der Waals surface area contributed by atoms with E-state index in [4.69, 9.17) is 9.79 Å². The van der Waals surface area contributed by atoms with Gasteiger partial charge in [0.2, 0.25) is 0 Å². The molecule has 0 fully saturated rings. The summed E-state index contributed by atoms with van der Waals surface area (Å²) in [5.41, 5.74) is -0.267. The number of carbonyl (C=O) groups is 2. The molecule has 3 aromatic rings. The van der Waals surface area contributed by atoms with Gasteiger partial charge >= 0.3 is 13.9 Å². The fraction of sp³-hybridized carbons (Fsp3) is 0.259. The number of phosphoric ester groups is 1. The molecule has 0 spiro atoms. The van der Waals surface area contributed by atoms with E-state index >= 15 is 8.78 Å². The first-order valence-electron chi connectivity index (χ1n) is 12.4. The standard InChI is InChI=1S/C27H25F5N3O6P/c1-14-18-4-3-16(26(36)33-12-19-23(31)10-17(28)11-24(19)32)9-25(18)35(27(37)34(14)2)13-20-21(29)7-15(8-22(20)30)5-6-41-42(38,39)40/h3-4,7-11,14H,5-6,12-13H2,1-2H3,(H,33,36)(H2,38,39,40)/t14-/m0/s1. The number of fused-ring (bicyclic) bond motifs is 1. The van der Waals surface area contributed by atoms with Crippen LogP contribution < -0.4 is 10.2 Å². The van der Waals surface area contributed by atoms with Crippen LogP contribution >= 0.6 is 7.82 Å². The Morgan fingerprint density at radius 3 is 2.17 bits per heavy atom. The van der Waals surface area contributed by atoms with Gasteiger partial charge < -0.3 is 20.0 Å². The normalized spacial score (nSPS) is 15.2. The van der Waals surface area contributed by atoms with Crippen molar-refractivity contribution in [2.24, 2.45) is 0 Å². The van der Waals surface area contributed by atoms with Gasteiger partial charge in [-0.3, -0.25) is 14.2 Å². The maximum atomic E-state index is 15.0. The quantitative estimate of drug-likeness (QED) is 0.228. The second-order valence-electron chi connectivity index (χ2n) is 9.57. The first-order chi connectivity index (χ1) is 19.7. The molecule has 1 aliphatic rings. The van der Waals surface area contributed by atoms with E-state index in [-0.39, 0.29) is 23.2 Å². The van der Waals surface area contributed by atoms with Crippen LogP contribution in [0.25, 0.3) is 0 Å². The van der Waals surface area contributed by atoms with Crippen molar-refractivity contribution >= 4 is 25.4 Å². The lowest BCUT2D eigenvalue weighted by Crippen LogP contribution is -2.47. The van der Waals surface area contributed by atoms with Crippen molar-refractivity contribution in [3.05, 3.63) is 99.4 Å². The van der Waals surface area contributed by atoms with Gasteiger partial charge in [-0.05, 0) is 48.7 Å². The highest BCUT2D eigenvalue weighted by Crippen LogP contribution is 2.38. The zero-order valence-corrected chi connectivity index (χ0v) is 23.1. The molecule has 3 aromatic carbocycles. The van der Waals surface area contributed by atoms with Crippen molar-refractivity contribution in [2.45, 2.75) is 32.5 Å². The molecule has 0 saturated heterocycles. The van der Waals surface area contributed by atoms with Crippen LogP contribution in [0.1, 0.15) is 45.6 Å². The largest absolute Gasteiger partial charge is 0.469 e. The highest BCUT2D eigenvalue weighted by Gasteiger charge is 2.35. The van der Waals surface area contributed by atoms with Crippen LogP contribution in [0, 0.1) is 29.1 Å². The van der Waals surface area contributed by atoms with E-state index in [9.17, 15) is 27.3 Å². The van der Waals surface area contributed by atoms with Gasteiger partial charge in [0.1, 0.15) is 29.1 Å². The number of hydrogen-bond acceptors (Lipinski definition) is 4. The molecule has 0 saturated carbocycles. The average Bonchev–Trinajstić information content (AvgIpc) is 2.89. The molecular formula is C27H25F5N3O6P. The number of nitrogens with zero attached hydrogens (tertiary/aromatic N) is 2. The highest BCUT2D eigenvalue weighted by molar-refractivity contribution is 7.46. The molecule has 9 nitrogen and oxygen atoms in total. The van der Waals surface area contributed by atoms with Gasteiger partial charge in [0.25, 0.3) is 5.91 Å². The summed E-state index contributed by atoms with van der Waals surface area (Å²) in [6.45, 7) is 0.0482. The third-order valence-electron chi connectivity index (χ3n) is 6.85. The highest BCUT2D eigenvalue weighted by atomic mass is 31.2. The first kappa shape index (κ1) is 31.1. The predicted molar refractivity (Wildman–Crippen MR) is 140 cm³/mol. The van der Waals surface area contributed by atoms with Gasteiger partial charge in [0.15, 0.2) is 0 Å². The number of halogens is 5. The Labute approximate surface area is 236 Å². The second kappa shape index (κ2) is 12.2. The van der Waals surface area contributed by atoms with Gasteiger partial charge in [0, 0.05) is 42.4 Å². The molecule has 0 bridgehead atoms. The van der Waals surface area contributed by atoms with Crippen LogP contribution in [0.5, 0.6) is 0 Å². The van der Waals surface area contributed by atoms with Crippen LogP contribution in [0.4, 0.5) is 32.4 Å². The Bertz CT molecular complexity index is 1550.